The van der Waals surface area contributed by atoms with Gasteiger partial charge in [0.1, 0.15) is 12.7 Å². The van der Waals surface area contributed by atoms with Gasteiger partial charge in [-0.3, -0.25) is 4.79 Å². The molecule has 0 aliphatic carbocycles. The number of alkyl halides is 4. The lowest BCUT2D eigenvalue weighted by Crippen LogP contribution is -2.41. The molecule has 4 aromatic rings. The van der Waals surface area contributed by atoms with Crippen LogP contribution in [0.15, 0.2) is 45.6 Å². The number of aromatic nitrogens is 3. The van der Waals surface area contributed by atoms with Crippen molar-refractivity contribution in [2.75, 3.05) is 32.0 Å². The number of fused-ring (bicyclic) bond motifs is 1. The first-order valence-electron chi connectivity index (χ1n) is 12.1. The molecule has 38 heavy (non-hydrogen) atoms. The van der Waals surface area contributed by atoms with Crippen molar-refractivity contribution < 1.29 is 26.9 Å². The fraction of sp³-hybridized carbons (Fsp3) is 0.400. The summed E-state index contributed by atoms with van der Waals surface area (Å²) in [7, 11) is 1.88. The zero-order valence-electron chi connectivity index (χ0n) is 20.5. The molecule has 1 aromatic carbocycles. The van der Waals surface area contributed by atoms with E-state index in [0.29, 0.717) is 41.7 Å². The number of anilines is 1. The summed E-state index contributed by atoms with van der Waals surface area (Å²) in [6, 6.07) is 8.24. The van der Waals surface area contributed by atoms with E-state index in [1.54, 1.807) is 41.1 Å². The van der Waals surface area contributed by atoms with Gasteiger partial charge in [0.2, 0.25) is 11.7 Å². The van der Waals surface area contributed by atoms with Gasteiger partial charge in [-0.05, 0) is 49.7 Å². The van der Waals surface area contributed by atoms with Crippen LogP contribution in [-0.4, -0.2) is 64.5 Å². The maximum atomic E-state index is 14.5. The Hall–Kier alpha value is -3.45. The molecular formula is C25H26F4N6O2S. The van der Waals surface area contributed by atoms with Crippen molar-refractivity contribution in [3.63, 3.8) is 0 Å². The van der Waals surface area contributed by atoms with Gasteiger partial charge in [0.05, 0.1) is 17.8 Å². The van der Waals surface area contributed by atoms with Gasteiger partial charge >= 0.3 is 6.18 Å². The number of benzene rings is 1. The van der Waals surface area contributed by atoms with Crippen LogP contribution < -0.4 is 10.6 Å². The van der Waals surface area contributed by atoms with Crippen LogP contribution in [0.25, 0.3) is 22.4 Å². The molecule has 0 saturated carbocycles. The Morgan fingerprint density at radius 1 is 1.29 bits per heavy atom. The third-order valence-electron chi connectivity index (χ3n) is 6.60. The molecule has 1 saturated heterocycles. The molecule has 1 amide bonds. The molecule has 4 heterocycles. The number of carbonyl (C=O) groups is 1. The molecule has 0 unspecified atom stereocenters. The average molecular weight is 551 g/mol. The summed E-state index contributed by atoms with van der Waals surface area (Å²) < 4.78 is 61.5. The molecule has 1 fully saturated rings. The van der Waals surface area contributed by atoms with Crippen LogP contribution in [0.1, 0.15) is 22.7 Å². The van der Waals surface area contributed by atoms with Gasteiger partial charge in [-0.15, -0.1) is 0 Å². The summed E-state index contributed by atoms with van der Waals surface area (Å²) in [5.41, 5.74) is 1.54. The number of piperidine rings is 1. The fourth-order valence-corrected chi connectivity index (χ4v) is 5.27. The first-order valence-corrected chi connectivity index (χ1v) is 13.0. The van der Waals surface area contributed by atoms with E-state index in [1.165, 1.54) is 11.3 Å². The van der Waals surface area contributed by atoms with Gasteiger partial charge < -0.3 is 24.6 Å². The highest BCUT2D eigenvalue weighted by atomic mass is 32.1. The van der Waals surface area contributed by atoms with Crippen LogP contribution >= 0.6 is 11.3 Å². The second kappa shape index (κ2) is 10.7. The Balaban J connectivity index is 1.40. The lowest BCUT2D eigenvalue weighted by molar-refractivity contribution is -0.139. The van der Waals surface area contributed by atoms with Crippen LogP contribution in [-0.2, 0) is 13.1 Å². The number of nitrogens with one attached hydrogen (secondary N) is 2. The molecule has 202 valence electrons. The van der Waals surface area contributed by atoms with Crippen LogP contribution in [0.3, 0.4) is 0 Å². The minimum absolute atomic E-state index is 0.0321. The van der Waals surface area contributed by atoms with Gasteiger partial charge in [-0.1, -0.05) is 11.2 Å². The van der Waals surface area contributed by atoms with E-state index in [1.807, 2.05) is 11.9 Å². The quantitative estimate of drug-likeness (QED) is 0.302. The Morgan fingerprint density at radius 3 is 2.87 bits per heavy atom. The number of nitrogens with zero attached hydrogens (tertiary/aromatic N) is 4. The van der Waals surface area contributed by atoms with E-state index in [2.05, 4.69) is 20.8 Å². The molecular weight excluding hydrogens is 524 g/mol. The van der Waals surface area contributed by atoms with Crippen LogP contribution in [0.4, 0.5) is 23.2 Å². The molecule has 2 N–H and O–H groups in total. The SMILES string of the molecule is CN1CC[C@@H](CNc2cccc3c2cc(-c2noc(CNC(=O)c4ccsc4)n2)n3CC(F)(F)F)[C@@H](F)C1. The maximum Gasteiger partial charge on any atom is 0.406 e. The Morgan fingerprint density at radius 2 is 2.13 bits per heavy atom. The Labute approximate surface area is 219 Å². The number of amides is 1. The maximum absolute atomic E-state index is 14.5. The summed E-state index contributed by atoms with van der Waals surface area (Å²) in [6.45, 7) is 0.183. The standard InChI is InChI=1S/C25H26F4N6O2S/c1-34-7-5-15(18(26)12-34)10-30-19-3-2-4-20-17(19)9-21(35(20)14-25(27,28)29)23-32-22(37-33-23)11-31-24(36)16-6-8-38-13-16/h2-4,6,8-9,13,15,18,30H,5,7,10-12,14H2,1H3,(H,31,36)/t15-,18-/m0/s1. The number of likely N-dealkylation sites (tertiary alicyclic amines) is 1. The molecule has 0 bridgehead atoms. The zero-order valence-corrected chi connectivity index (χ0v) is 21.3. The van der Waals surface area contributed by atoms with E-state index in [4.69, 9.17) is 4.52 Å². The lowest BCUT2D eigenvalue weighted by Gasteiger charge is -2.32. The summed E-state index contributed by atoms with van der Waals surface area (Å²) in [5.74, 6) is -0.493. The van der Waals surface area contributed by atoms with E-state index >= 15 is 0 Å². The molecule has 1 aliphatic rings. The van der Waals surface area contributed by atoms with Crippen molar-refractivity contribution in [2.45, 2.75) is 31.9 Å². The predicted molar refractivity (Wildman–Crippen MR) is 136 cm³/mol. The predicted octanol–water partition coefficient (Wildman–Crippen LogP) is 4.95. The van der Waals surface area contributed by atoms with E-state index in [-0.39, 0.29) is 35.8 Å². The molecule has 8 nitrogen and oxygen atoms in total. The number of hydrogen-bond acceptors (Lipinski definition) is 7. The highest BCUT2D eigenvalue weighted by Crippen LogP contribution is 2.34. The Kier molecular flexibility index (Phi) is 7.39. The molecule has 13 heteroatoms. The number of thiophene rings is 1. The molecule has 2 atom stereocenters. The van der Waals surface area contributed by atoms with Crippen molar-refractivity contribution in [2.24, 2.45) is 5.92 Å². The van der Waals surface area contributed by atoms with Gasteiger partial charge in [-0.2, -0.15) is 29.5 Å². The largest absolute Gasteiger partial charge is 0.406 e. The number of hydrogen-bond donors (Lipinski definition) is 2. The first kappa shape index (κ1) is 26.2. The molecule has 1 aliphatic heterocycles. The van der Waals surface area contributed by atoms with Crippen molar-refractivity contribution in [1.82, 2.24) is 24.9 Å². The zero-order chi connectivity index (χ0) is 26.9. The monoisotopic (exact) mass is 550 g/mol. The van der Waals surface area contributed by atoms with Gasteiger partial charge in [0, 0.05) is 41.0 Å². The number of rotatable bonds is 8. The highest BCUT2D eigenvalue weighted by molar-refractivity contribution is 7.08. The van der Waals surface area contributed by atoms with E-state index < -0.39 is 18.9 Å². The van der Waals surface area contributed by atoms with E-state index in [0.717, 1.165) is 11.1 Å². The minimum atomic E-state index is -4.50. The summed E-state index contributed by atoms with van der Waals surface area (Å²) >= 11 is 1.38. The highest BCUT2D eigenvalue weighted by Gasteiger charge is 2.32. The molecule has 0 radical (unpaired) electrons. The summed E-state index contributed by atoms with van der Waals surface area (Å²) in [6.07, 6.45) is -4.79. The molecule has 5 rings (SSSR count). The van der Waals surface area contributed by atoms with Crippen molar-refractivity contribution >= 4 is 33.8 Å². The normalized spacial score (nSPS) is 18.7. The van der Waals surface area contributed by atoms with Gasteiger partial charge in [0.25, 0.3) is 5.91 Å². The van der Waals surface area contributed by atoms with E-state index in [9.17, 15) is 22.4 Å². The Bertz CT molecular complexity index is 1400. The third-order valence-corrected chi connectivity index (χ3v) is 7.28. The molecule has 3 aromatic heterocycles. The second-order valence-electron chi connectivity index (χ2n) is 9.38. The number of carbonyl (C=O) groups excluding carboxylic acids is 1. The van der Waals surface area contributed by atoms with Crippen molar-refractivity contribution in [3.8, 4) is 11.5 Å². The topological polar surface area (TPSA) is 88.2 Å². The van der Waals surface area contributed by atoms with Crippen LogP contribution in [0, 0.1) is 5.92 Å². The third kappa shape index (κ3) is 5.83. The van der Waals surface area contributed by atoms with Gasteiger partial charge in [0.15, 0.2) is 0 Å². The molecule has 0 spiro atoms. The lowest BCUT2D eigenvalue weighted by atomic mass is 9.95. The average Bonchev–Trinajstić information content (AvgIpc) is 3.62. The summed E-state index contributed by atoms with van der Waals surface area (Å²) in [5, 5.41) is 13.8. The summed E-state index contributed by atoms with van der Waals surface area (Å²) in [4.78, 5) is 18.4. The fourth-order valence-electron chi connectivity index (χ4n) is 4.63. The van der Waals surface area contributed by atoms with Crippen LogP contribution in [0.2, 0.25) is 0 Å². The van der Waals surface area contributed by atoms with Crippen molar-refractivity contribution in [1.29, 1.82) is 0 Å². The second-order valence-corrected chi connectivity index (χ2v) is 10.2. The first-order chi connectivity index (χ1) is 18.2. The smallest absolute Gasteiger partial charge is 0.384 e. The minimum Gasteiger partial charge on any atom is -0.384 e. The van der Waals surface area contributed by atoms with Crippen molar-refractivity contribution in [3.05, 3.63) is 52.5 Å². The van der Waals surface area contributed by atoms with Gasteiger partial charge in [-0.25, -0.2) is 4.39 Å². The van der Waals surface area contributed by atoms with Crippen LogP contribution in [0.5, 0.6) is 0 Å². The number of halogens is 4.